The summed E-state index contributed by atoms with van der Waals surface area (Å²) in [6.45, 7) is 0.182. The number of H-pyrrole nitrogens is 1. The Morgan fingerprint density at radius 3 is 2.73 bits per heavy atom. The summed E-state index contributed by atoms with van der Waals surface area (Å²) < 4.78 is 18.9. The summed E-state index contributed by atoms with van der Waals surface area (Å²) in [5.41, 5.74) is 2.00. The number of rotatable bonds is 6. The molecule has 0 atom stereocenters. The van der Waals surface area contributed by atoms with Crippen LogP contribution in [0.15, 0.2) is 72.9 Å². The fraction of sp³-hybridized carbons (Fsp3) is 0.0455. The van der Waals surface area contributed by atoms with Crippen LogP contribution in [0.1, 0.15) is 15.9 Å². The highest BCUT2D eigenvalue weighted by Crippen LogP contribution is 2.25. The number of ether oxygens (including phenoxy) is 1. The molecule has 3 aromatic carbocycles. The molecule has 0 fully saturated rings. The van der Waals surface area contributed by atoms with Gasteiger partial charge in [0.05, 0.1) is 10.5 Å². The number of aromatic amines is 1. The van der Waals surface area contributed by atoms with Crippen molar-refractivity contribution in [1.29, 1.82) is 0 Å². The van der Waals surface area contributed by atoms with E-state index in [-0.39, 0.29) is 18.1 Å². The Balaban J connectivity index is 1.50. The Morgan fingerprint density at radius 1 is 1.10 bits per heavy atom. The number of benzene rings is 3. The Hall–Kier alpha value is -4.20. The first-order chi connectivity index (χ1) is 14.5. The maximum absolute atomic E-state index is 13.3. The van der Waals surface area contributed by atoms with Gasteiger partial charge < -0.3 is 15.0 Å². The van der Waals surface area contributed by atoms with Gasteiger partial charge in [-0.2, -0.15) is 0 Å². The summed E-state index contributed by atoms with van der Waals surface area (Å²) in [4.78, 5) is 26.2. The molecule has 4 rings (SSSR count). The molecule has 0 radical (unpaired) electrons. The van der Waals surface area contributed by atoms with Gasteiger partial charge in [-0.05, 0) is 35.9 Å². The van der Waals surface area contributed by atoms with E-state index in [0.717, 1.165) is 0 Å². The minimum atomic E-state index is -0.506. The Labute approximate surface area is 170 Å². The van der Waals surface area contributed by atoms with Gasteiger partial charge in [0, 0.05) is 41.0 Å². The highest BCUT2D eigenvalue weighted by Gasteiger charge is 2.16. The van der Waals surface area contributed by atoms with Crippen molar-refractivity contribution in [2.24, 2.45) is 0 Å². The SMILES string of the molecule is O=C(Nc1cccc(OCc2cccc(F)c2)c1)c1c[nH]c2ccc([N+](=O)[O-])cc12. The highest BCUT2D eigenvalue weighted by molar-refractivity contribution is 6.13. The number of nitro groups is 1. The van der Waals surface area contributed by atoms with E-state index in [2.05, 4.69) is 10.3 Å². The van der Waals surface area contributed by atoms with Crippen molar-refractivity contribution >= 4 is 28.2 Å². The third-order valence-corrected chi connectivity index (χ3v) is 4.51. The summed E-state index contributed by atoms with van der Waals surface area (Å²) in [6, 6.07) is 17.2. The molecule has 7 nitrogen and oxygen atoms in total. The van der Waals surface area contributed by atoms with E-state index in [1.54, 1.807) is 42.5 Å². The molecule has 1 amide bonds. The van der Waals surface area contributed by atoms with E-state index in [1.807, 2.05) is 0 Å². The zero-order valence-corrected chi connectivity index (χ0v) is 15.6. The highest BCUT2D eigenvalue weighted by atomic mass is 19.1. The Bertz CT molecular complexity index is 1250. The third-order valence-electron chi connectivity index (χ3n) is 4.51. The van der Waals surface area contributed by atoms with Crippen molar-refractivity contribution in [2.75, 3.05) is 5.32 Å². The summed E-state index contributed by atoms with van der Waals surface area (Å²) in [5, 5.41) is 14.2. The quantitative estimate of drug-likeness (QED) is 0.347. The van der Waals surface area contributed by atoms with E-state index in [1.165, 1.54) is 30.5 Å². The van der Waals surface area contributed by atoms with Crippen LogP contribution in [-0.2, 0) is 6.61 Å². The monoisotopic (exact) mass is 405 g/mol. The average Bonchev–Trinajstić information content (AvgIpc) is 3.16. The largest absolute Gasteiger partial charge is 0.489 e. The van der Waals surface area contributed by atoms with E-state index in [4.69, 9.17) is 4.74 Å². The van der Waals surface area contributed by atoms with Crippen LogP contribution in [0.5, 0.6) is 5.75 Å². The second kappa shape index (κ2) is 8.04. The molecule has 1 heterocycles. The second-order valence-corrected chi connectivity index (χ2v) is 6.59. The third kappa shape index (κ3) is 4.12. The molecule has 0 aliphatic rings. The standard InChI is InChI=1S/C22H16FN3O4/c23-15-4-1-3-14(9-15)13-30-18-6-2-5-16(10-18)25-22(27)20-12-24-21-8-7-17(26(28)29)11-19(20)21/h1-12,24H,13H2,(H,25,27). The normalized spacial score (nSPS) is 10.7. The number of non-ortho nitro benzene ring substituents is 1. The van der Waals surface area contributed by atoms with E-state index in [0.29, 0.717) is 33.5 Å². The lowest BCUT2D eigenvalue weighted by atomic mass is 10.1. The Kier molecular flexibility index (Phi) is 5.13. The predicted octanol–water partition coefficient (Wildman–Crippen LogP) is 5.05. The van der Waals surface area contributed by atoms with Gasteiger partial charge in [-0.3, -0.25) is 14.9 Å². The number of hydrogen-bond donors (Lipinski definition) is 2. The van der Waals surface area contributed by atoms with Crippen LogP contribution in [0, 0.1) is 15.9 Å². The molecule has 4 aromatic rings. The number of nitro benzene ring substituents is 1. The summed E-state index contributed by atoms with van der Waals surface area (Å²) >= 11 is 0. The van der Waals surface area contributed by atoms with Gasteiger partial charge in [-0.15, -0.1) is 0 Å². The summed E-state index contributed by atoms with van der Waals surface area (Å²) in [5.74, 6) is -0.244. The maximum atomic E-state index is 13.3. The topological polar surface area (TPSA) is 97.3 Å². The first kappa shape index (κ1) is 19.1. The van der Waals surface area contributed by atoms with E-state index in [9.17, 15) is 19.3 Å². The zero-order chi connectivity index (χ0) is 21.1. The fourth-order valence-corrected chi connectivity index (χ4v) is 3.07. The lowest BCUT2D eigenvalue weighted by Crippen LogP contribution is -2.11. The van der Waals surface area contributed by atoms with E-state index >= 15 is 0 Å². The first-order valence-electron chi connectivity index (χ1n) is 9.04. The first-order valence-corrected chi connectivity index (χ1v) is 9.04. The lowest BCUT2D eigenvalue weighted by Gasteiger charge is -2.09. The molecule has 30 heavy (non-hydrogen) atoms. The molecule has 0 bridgehead atoms. The molecule has 0 saturated carbocycles. The smallest absolute Gasteiger partial charge is 0.270 e. The number of amides is 1. The number of fused-ring (bicyclic) bond motifs is 1. The predicted molar refractivity (Wildman–Crippen MR) is 110 cm³/mol. The minimum Gasteiger partial charge on any atom is -0.489 e. The number of anilines is 1. The van der Waals surface area contributed by atoms with Crippen LogP contribution < -0.4 is 10.1 Å². The zero-order valence-electron chi connectivity index (χ0n) is 15.6. The Morgan fingerprint density at radius 2 is 1.93 bits per heavy atom. The molecule has 0 aliphatic heterocycles. The van der Waals surface area contributed by atoms with Crippen molar-refractivity contribution in [2.45, 2.75) is 6.61 Å². The summed E-state index contributed by atoms with van der Waals surface area (Å²) in [6.07, 6.45) is 1.51. The molecule has 8 heteroatoms. The molecule has 0 unspecified atom stereocenters. The molecule has 1 aromatic heterocycles. The summed E-state index contributed by atoms with van der Waals surface area (Å²) in [7, 11) is 0. The number of halogens is 1. The van der Waals surface area contributed by atoms with Crippen molar-refractivity contribution in [3.05, 3.63) is 100.0 Å². The number of carbonyl (C=O) groups excluding carboxylic acids is 1. The van der Waals surface area contributed by atoms with Gasteiger partial charge in [0.2, 0.25) is 0 Å². The lowest BCUT2D eigenvalue weighted by molar-refractivity contribution is -0.384. The van der Waals surface area contributed by atoms with Crippen molar-refractivity contribution < 1.29 is 18.8 Å². The van der Waals surface area contributed by atoms with Crippen LogP contribution in [-0.4, -0.2) is 15.8 Å². The number of nitrogens with one attached hydrogen (secondary N) is 2. The van der Waals surface area contributed by atoms with Gasteiger partial charge in [0.1, 0.15) is 18.2 Å². The fourth-order valence-electron chi connectivity index (χ4n) is 3.07. The van der Waals surface area contributed by atoms with Crippen LogP contribution in [0.3, 0.4) is 0 Å². The molecular formula is C22H16FN3O4. The molecular weight excluding hydrogens is 389 g/mol. The molecule has 0 spiro atoms. The number of aromatic nitrogens is 1. The molecule has 150 valence electrons. The maximum Gasteiger partial charge on any atom is 0.270 e. The van der Waals surface area contributed by atoms with Gasteiger partial charge in [0.25, 0.3) is 11.6 Å². The van der Waals surface area contributed by atoms with Gasteiger partial charge in [-0.1, -0.05) is 18.2 Å². The van der Waals surface area contributed by atoms with Crippen molar-refractivity contribution in [3.8, 4) is 5.75 Å². The van der Waals surface area contributed by atoms with Gasteiger partial charge >= 0.3 is 0 Å². The molecule has 0 aliphatic carbocycles. The molecule has 0 saturated heterocycles. The second-order valence-electron chi connectivity index (χ2n) is 6.59. The van der Waals surface area contributed by atoms with Crippen molar-refractivity contribution in [1.82, 2.24) is 4.98 Å². The van der Waals surface area contributed by atoms with Gasteiger partial charge in [0.15, 0.2) is 0 Å². The minimum absolute atomic E-state index is 0.0936. The number of hydrogen-bond acceptors (Lipinski definition) is 4. The average molecular weight is 405 g/mol. The van der Waals surface area contributed by atoms with Crippen LogP contribution >= 0.6 is 0 Å². The number of carbonyl (C=O) groups is 1. The van der Waals surface area contributed by atoms with Crippen LogP contribution in [0.25, 0.3) is 10.9 Å². The van der Waals surface area contributed by atoms with E-state index < -0.39 is 10.8 Å². The van der Waals surface area contributed by atoms with Crippen LogP contribution in [0.2, 0.25) is 0 Å². The van der Waals surface area contributed by atoms with Crippen LogP contribution in [0.4, 0.5) is 15.8 Å². The van der Waals surface area contributed by atoms with Gasteiger partial charge in [-0.25, -0.2) is 4.39 Å². The van der Waals surface area contributed by atoms with Crippen molar-refractivity contribution in [3.63, 3.8) is 0 Å². The molecule has 2 N–H and O–H groups in total. The number of nitrogens with zero attached hydrogens (tertiary/aromatic N) is 1.